The van der Waals surface area contributed by atoms with Crippen LogP contribution in [-0.2, 0) is 17.6 Å². The third kappa shape index (κ3) is 3.17. The molecule has 1 heterocycles. The Morgan fingerprint density at radius 3 is 2.43 bits per heavy atom. The third-order valence-corrected chi connectivity index (χ3v) is 4.03. The number of carboxylic acid groups (broad SMARTS) is 1. The molecule has 1 aromatic carbocycles. The molecule has 5 heteroatoms. The molecule has 1 saturated heterocycles. The number of amides is 2. The van der Waals surface area contributed by atoms with Gasteiger partial charge in [0.15, 0.2) is 0 Å². The zero-order chi connectivity index (χ0) is 15.4. The van der Waals surface area contributed by atoms with Crippen LogP contribution in [0.1, 0.15) is 37.8 Å². The highest BCUT2D eigenvalue weighted by Crippen LogP contribution is 2.25. The largest absolute Gasteiger partial charge is 0.480 e. The van der Waals surface area contributed by atoms with Crippen molar-refractivity contribution in [1.29, 1.82) is 0 Å². The first-order chi connectivity index (χ1) is 10.1. The zero-order valence-corrected chi connectivity index (χ0v) is 12.6. The number of benzene rings is 1. The van der Waals surface area contributed by atoms with Gasteiger partial charge in [-0.1, -0.05) is 32.0 Å². The smallest absolute Gasteiger partial charge is 0.326 e. The second-order valence-corrected chi connectivity index (χ2v) is 5.28. The molecule has 2 amide bonds. The highest BCUT2D eigenvalue weighted by Gasteiger charge is 2.34. The summed E-state index contributed by atoms with van der Waals surface area (Å²) in [6.45, 7) is 4.58. The molecule has 1 unspecified atom stereocenters. The maximum Gasteiger partial charge on any atom is 0.326 e. The fourth-order valence-corrected chi connectivity index (χ4v) is 2.85. The van der Waals surface area contributed by atoms with Crippen LogP contribution in [0.25, 0.3) is 0 Å². The van der Waals surface area contributed by atoms with Gasteiger partial charge in [0.1, 0.15) is 6.04 Å². The summed E-state index contributed by atoms with van der Waals surface area (Å²) in [7, 11) is 0. The summed E-state index contributed by atoms with van der Waals surface area (Å²) in [6.07, 6.45) is 2.91. The first-order valence-corrected chi connectivity index (χ1v) is 7.49. The standard InChI is InChI=1S/C16H22N2O3/c1-3-11-7-5-8-12(4-2)14(11)17-16(21)18-10-6-9-13(18)15(19)20/h5,7-8,13H,3-4,6,9-10H2,1-2H3,(H,17,21)(H,19,20). The quantitative estimate of drug-likeness (QED) is 0.895. The Morgan fingerprint density at radius 2 is 1.90 bits per heavy atom. The fraction of sp³-hybridized carbons (Fsp3) is 0.500. The molecule has 21 heavy (non-hydrogen) atoms. The number of aryl methyl sites for hydroxylation is 2. The minimum atomic E-state index is -0.929. The Labute approximate surface area is 125 Å². The molecular formula is C16H22N2O3. The van der Waals surface area contributed by atoms with E-state index in [0.29, 0.717) is 13.0 Å². The number of nitrogens with one attached hydrogen (secondary N) is 1. The van der Waals surface area contributed by atoms with Gasteiger partial charge in [0.05, 0.1) is 0 Å². The average molecular weight is 290 g/mol. The molecule has 0 spiro atoms. The van der Waals surface area contributed by atoms with Crippen LogP contribution in [0.2, 0.25) is 0 Å². The molecule has 114 valence electrons. The molecule has 1 aliphatic rings. The number of carbonyl (C=O) groups excluding carboxylic acids is 1. The number of hydrogen-bond acceptors (Lipinski definition) is 2. The van der Waals surface area contributed by atoms with Gasteiger partial charge in [-0.2, -0.15) is 0 Å². The van der Waals surface area contributed by atoms with Gasteiger partial charge in [-0.15, -0.1) is 0 Å². The molecule has 0 radical (unpaired) electrons. The first kappa shape index (κ1) is 15.4. The highest BCUT2D eigenvalue weighted by molar-refractivity contribution is 5.94. The lowest BCUT2D eigenvalue weighted by Gasteiger charge is -2.23. The van der Waals surface area contributed by atoms with Crippen molar-refractivity contribution in [2.45, 2.75) is 45.6 Å². The summed E-state index contributed by atoms with van der Waals surface area (Å²) < 4.78 is 0. The van der Waals surface area contributed by atoms with Gasteiger partial charge in [-0.3, -0.25) is 0 Å². The Balaban J connectivity index is 2.21. The van der Waals surface area contributed by atoms with Crippen molar-refractivity contribution in [1.82, 2.24) is 4.90 Å². The number of hydrogen-bond donors (Lipinski definition) is 2. The molecule has 0 aliphatic carbocycles. The van der Waals surface area contributed by atoms with Gasteiger partial charge in [0.25, 0.3) is 0 Å². The topological polar surface area (TPSA) is 69.6 Å². The van der Waals surface area contributed by atoms with Gasteiger partial charge >= 0.3 is 12.0 Å². The summed E-state index contributed by atoms with van der Waals surface area (Å²) in [6, 6.07) is 4.96. The van der Waals surface area contributed by atoms with E-state index in [9.17, 15) is 14.7 Å². The second kappa shape index (κ2) is 6.61. The second-order valence-electron chi connectivity index (χ2n) is 5.28. The maximum atomic E-state index is 12.4. The Morgan fingerprint density at radius 1 is 1.29 bits per heavy atom. The lowest BCUT2D eigenvalue weighted by atomic mass is 10.0. The van der Waals surface area contributed by atoms with E-state index >= 15 is 0 Å². The number of anilines is 1. The van der Waals surface area contributed by atoms with Crippen LogP contribution >= 0.6 is 0 Å². The minimum absolute atomic E-state index is 0.310. The third-order valence-electron chi connectivity index (χ3n) is 4.03. The van der Waals surface area contributed by atoms with E-state index in [1.165, 1.54) is 4.90 Å². The molecule has 0 aromatic heterocycles. The number of para-hydroxylation sites is 1. The summed E-state index contributed by atoms with van der Waals surface area (Å²) in [4.78, 5) is 25.0. The Kier molecular flexibility index (Phi) is 4.83. The average Bonchev–Trinajstić information content (AvgIpc) is 2.97. The SMILES string of the molecule is CCc1cccc(CC)c1NC(=O)N1CCCC1C(=O)O. The van der Waals surface area contributed by atoms with Crippen molar-refractivity contribution in [3.05, 3.63) is 29.3 Å². The van der Waals surface area contributed by atoms with Crippen LogP contribution in [0, 0.1) is 0 Å². The van der Waals surface area contributed by atoms with Crippen LogP contribution < -0.4 is 5.32 Å². The summed E-state index contributed by atoms with van der Waals surface area (Å²) >= 11 is 0. The lowest BCUT2D eigenvalue weighted by molar-refractivity contribution is -0.141. The summed E-state index contributed by atoms with van der Waals surface area (Å²) in [5.74, 6) is -0.929. The van der Waals surface area contributed by atoms with Gasteiger partial charge in [0, 0.05) is 12.2 Å². The first-order valence-electron chi connectivity index (χ1n) is 7.49. The number of carboxylic acids is 1. The number of rotatable bonds is 4. The van der Waals surface area contributed by atoms with Gasteiger partial charge in [-0.05, 0) is 36.8 Å². The Bertz CT molecular complexity index is 520. The van der Waals surface area contributed by atoms with E-state index < -0.39 is 12.0 Å². The normalized spacial score (nSPS) is 17.8. The molecule has 1 fully saturated rings. The van der Waals surface area contributed by atoms with Crippen LogP contribution in [0.3, 0.4) is 0 Å². The van der Waals surface area contributed by atoms with Crippen molar-refractivity contribution in [3.8, 4) is 0 Å². The molecule has 1 aromatic rings. The number of carbonyl (C=O) groups is 2. The van der Waals surface area contributed by atoms with Gasteiger partial charge in [0.2, 0.25) is 0 Å². The molecule has 1 aliphatic heterocycles. The molecule has 0 saturated carbocycles. The summed E-state index contributed by atoms with van der Waals surface area (Å²) in [5, 5.41) is 12.1. The molecule has 0 bridgehead atoms. The predicted octanol–water partition coefficient (Wildman–Crippen LogP) is 2.89. The zero-order valence-electron chi connectivity index (χ0n) is 12.6. The number of nitrogens with zero attached hydrogens (tertiary/aromatic N) is 1. The van der Waals surface area contributed by atoms with E-state index in [4.69, 9.17) is 0 Å². The van der Waals surface area contributed by atoms with E-state index in [0.717, 1.165) is 36.1 Å². The monoisotopic (exact) mass is 290 g/mol. The lowest BCUT2D eigenvalue weighted by Crippen LogP contribution is -2.43. The van der Waals surface area contributed by atoms with Crippen LogP contribution in [-0.4, -0.2) is 34.6 Å². The highest BCUT2D eigenvalue weighted by atomic mass is 16.4. The van der Waals surface area contributed by atoms with E-state index in [1.807, 2.05) is 32.0 Å². The van der Waals surface area contributed by atoms with Crippen LogP contribution in [0.5, 0.6) is 0 Å². The molecule has 2 rings (SSSR count). The van der Waals surface area contributed by atoms with Crippen LogP contribution in [0.4, 0.5) is 10.5 Å². The fourth-order valence-electron chi connectivity index (χ4n) is 2.85. The van der Waals surface area contributed by atoms with E-state index in [-0.39, 0.29) is 6.03 Å². The molecular weight excluding hydrogens is 268 g/mol. The molecule has 1 atom stereocenters. The van der Waals surface area contributed by atoms with E-state index in [1.54, 1.807) is 0 Å². The van der Waals surface area contributed by atoms with Gasteiger partial charge < -0.3 is 15.3 Å². The summed E-state index contributed by atoms with van der Waals surface area (Å²) in [5.41, 5.74) is 2.99. The molecule has 5 nitrogen and oxygen atoms in total. The maximum absolute atomic E-state index is 12.4. The molecule has 2 N–H and O–H groups in total. The van der Waals surface area contributed by atoms with Crippen molar-refractivity contribution in [3.63, 3.8) is 0 Å². The number of aliphatic carboxylic acids is 1. The van der Waals surface area contributed by atoms with Crippen molar-refractivity contribution in [2.24, 2.45) is 0 Å². The van der Waals surface area contributed by atoms with Crippen molar-refractivity contribution < 1.29 is 14.7 Å². The van der Waals surface area contributed by atoms with Crippen molar-refractivity contribution >= 4 is 17.7 Å². The number of urea groups is 1. The predicted molar refractivity (Wildman–Crippen MR) is 81.6 cm³/mol. The van der Waals surface area contributed by atoms with Crippen LogP contribution in [0.15, 0.2) is 18.2 Å². The Hall–Kier alpha value is -2.04. The van der Waals surface area contributed by atoms with Gasteiger partial charge in [-0.25, -0.2) is 9.59 Å². The number of likely N-dealkylation sites (tertiary alicyclic amines) is 1. The minimum Gasteiger partial charge on any atom is -0.480 e. The van der Waals surface area contributed by atoms with E-state index in [2.05, 4.69) is 5.32 Å². The van der Waals surface area contributed by atoms with Crippen molar-refractivity contribution in [2.75, 3.05) is 11.9 Å².